The second kappa shape index (κ2) is 11.8. The van der Waals surface area contributed by atoms with Crippen LogP contribution in [0.1, 0.15) is 51.3 Å². The van der Waals surface area contributed by atoms with Crippen LogP contribution in [0.2, 0.25) is 5.02 Å². The van der Waals surface area contributed by atoms with E-state index < -0.39 is 24.1 Å². The number of para-hydroxylation sites is 1. The van der Waals surface area contributed by atoms with Gasteiger partial charge >= 0.3 is 5.97 Å². The van der Waals surface area contributed by atoms with Crippen LogP contribution in [0.5, 0.6) is 5.75 Å². The molecular formula is C27H33ClN2O6. The third-order valence-corrected chi connectivity index (χ3v) is 5.80. The van der Waals surface area contributed by atoms with Gasteiger partial charge in [0, 0.05) is 28.4 Å². The Hall–Kier alpha value is -3.10. The van der Waals surface area contributed by atoms with Gasteiger partial charge in [0.05, 0.1) is 20.1 Å². The predicted octanol–water partition coefficient (Wildman–Crippen LogP) is 4.29. The average molecular weight is 517 g/mol. The molecule has 1 aliphatic rings. The number of nitrogens with zero attached hydrogens (tertiary/aromatic N) is 1. The number of nitrogens with one attached hydrogen (secondary N) is 1. The number of hydrogen-bond acceptors (Lipinski definition) is 6. The Kier molecular flexibility index (Phi) is 8.98. The quantitative estimate of drug-likeness (QED) is 0.526. The van der Waals surface area contributed by atoms with Crippen molar-refractivity contribution in [3.8, 4) is 5.75 Å². The summed E-state index contributed by atoms with van der Waals surface area (Å²) >= 11 is 6.39. The van der Waals surface area contributed by atoms with Crippen LogP contribution >= 0.6 is 11.6 Å². The maximum Gasteiger partial charge on any atom is 0.325 e. The molecule has 0 saturated carbocycles. The summed E-state index contributed by atoms with van der Waals surface area (Å²) in [5.41, 5.74) is 1.81. The van der Waals surface area contributed by atoms with E-state index in [1.165, 1.54) is 0 Å². The number of methoxy groups -OCH3 is 1. The summed E-state index contributed by atoms with van der Waals surface area (Å²) in [5.74, 6) is -0.824. The van der Waals surface area contributed by atoms with Crippen molar-refractivity contribution in [3.05, 3.63) is 58.6 Å². The Balaban J connectivity index is 2.05. The first-order valence-electron chi connectivity index (χ1n) is 11.9. The zero-order valence-electron chi connectivity index (χ0n) is 21.3. The molecule has 0 aromatic heterocycles. The third kappa shape index (κ3) is 6.77. The number of amides is 2. The van der Waals surface area contributed by atoms with Crippen molar-refractivity contribution in [2.75, 3.05) is 31.7 Å². The number of ether oxygens (including phenoxy) is 3. The van der Waals surface area contributed by atoms with Crippen LogP contribution in [-0.2, 0) is 23.9 Å². The molecule has 36 heavy (non-hydrogen) atoms. The molecule has 0 bridgehead atoms. The highest BCUT2D eigenvalue weighted by molar-refractivity contribution is 6.30. The van der Waals surface area contributed by atoms with E-state index >= 15 is 0 Å². The van der Waals surface area contributed by atoms with Gasteiger partial charge in [0.15, 0.2) is 0 Å². The number of rotatable bonds is 8. The standard InChI is InChI=1S/C27H33ClN2O6/c1-6-35-24(32)15-29-23(31)14-22-26(33)30(16-27(2,3)4)20-12-11-17(28)13-19(20)25(36-22)18-9-7-8-10-21(18)34-5/h7-13,22,25H,6,14-16H2,1-5H3,(H,29,31). The van der Waals surface area contributed by atoms with Gasteiger partial charge in [-0.2, -0.15) is 0 Å². The Bertz CT molecular complexity index is 1110. The number of benzene rings is 2. The zero-order chi connectivity index (χ0) is 26.5. The lowest BCUT2D eigenvalue weighted by Crippen LogP contribution is -2.45. The summed E-state index contributed by atoms with van der Waals surface area (Å²) < 4.78 is 16.8. The molecule has 0 fully saturated rings. The second-order valence-electron chi connectivity index (χ2n) is 9.72. The van der Waals surface area contributed by atoms with Crippen molar-refractivity contribution >= 4 is 35.1 Å². The lowest BCUT2D eigenvalue weighted by Gasteiger charge is -2.31. The number of carbonyl (C=O) groups is 3. The van der Waals surface area contributed by atoms with Gasteiger partial charge in [-0.3, -0.25) is 14.4 Å². The summed E-state index contributed by atoms with van der Waals surface area (Å²) in [6.07, 6.45) is -2.12. The third-order valence-electron chi connectivity index (χ3n) is 5.56. The molecule has 0 spiro atoms. The largest absolute Gasteiger partial charge is 0.496 e. The lowest BCUT2D eigenvalue weighted by molar-refractivity contribution is -0.144. The van der Waals surface area contributed by atoms with Gasteiger partial charge in [-0.15, -0.1) is 0 Å². The van der Waals surface area contributed by atoms with Gasteiger partial charge in [0.25, 0.3) is 5.91 Å². The summed E-state index contributed by atoms with van der Waals surface area (Å²) in [4.78, 5) is 39.9. The highest BCUT2D eigenvalue weighted by atomic mass is 35.5. The number of carbonyl (C=O) groups excluding carboxylic acids is 3. The maximum atomic E-state index is 13.8. The van der Waals surface area contributed by atoms with Crippen molar-refractivity contribution in [2.24, 2.45) is 5.41 Å². The van der Waals surface area contributed by atoms with Crippen molar-refractivity contribution in [1.82, 2.24) is 5.32 Å². The van der Waals surface area contributed by atoms with Crippen molar-refractivity contribution < 1.29 is 28.6 Å². The van der Waals surface area contributed by atoms with Crippen LogP contribution in [0, 0.1) is 5.41 Å². The second-order valence-corrected chi connectivity index (χ2v) is 10.2. The van der Waals surface area contributed by atoms with E-state index in [-0.39, 0.29) is 30.9 Å². The molecule has 2 unspecified atom stereocenters. The van der Waals surface area contributed by atoms with E-state index in [9.17, 15) is 14.4 Å². The molecule has 2 aromatic rings. The molecule has 1 aliphatic heterocycles. The SMILES string of the molecule is CCOC(=O)CNC(=O)CC1OC(c2ccccc2OC)c2cc(Cl)ccc2N(CC(C)(C)C)C1=O. The molecule has 0 saturated heterocycles. The van der Waals surface area contributed by atoms with E-state index in [1.54, 1.807) is 37.1 Å². The molecular weight excluding hydrogens is 484 g/mol. The van der Waals surface area contributed by atoms with E-state index in [1.807, 2.05) is 45.0 Å². The lowest BCUT2D eigenvalue weighted by atomic mass is 9.94. The molecule has 1 heterocycles. The molecule has 1 N–H and O–H groups in total. The Labute approximate surface area is 216 Å². The highest BCUT2D eigenvalue weighted by Gasteiger charge is 2.39. The van der Waals surface area contributed by atoms with Crippen molar-refractivity contribution in [2.45, 2.75) is 46.3 Å². The molecule has 2 atom stereocenters. The van der Waals surface area contributed by atoms with E-state index in [0.717, 1.165) is 0 Å². The zero-order valence-corrected chi connectivity index (χ0v) is 22.1. The molecule has 2 amide bonds. The fourth-order valence-electron chi connectivity index (χ4n) is 4.09. The molecule has 9 heteroatoms. The van der Waals surface area contributed by atoms with Crippen molar-refractivity contribution in [3.63, 3.8) is 0 Å². The first-order valence-corrected chi connectivity index (χ1v) is 12.2. The normalized spacial score (nSPS) is 17.7. The Morgan fingerprint density at radius 2 is 1.86 bits per heavy atom. The fourth-order valence-corrected chi connectivity index (χ4v) is 4.27. The molecule has 8 nitrogen and oxygen atoms in total. The van der Waals surface area contributed by atoms with Gasteiger partial charge in [-0.25, -0.2) is 0 Å². The molecule has 0 radical (unpaired) electrons. The smallest absolute Gasteiger partial charge is 0.325 e. The topological polar surface area (TPSA) is 94.2 Å². The number of anilines is 1. The average Bonchev–Trinajstić information content (AvgIpc) is 2.92. The Morgan fingerprint density at radius 3 is 2.53 bits per heavy atom. The molecule has 194 valence electrons. The van der Waals surface area contributed by atoms with E-state index in [0.29, 0.717) is 34.1 Å². The highest BCUT2D eigenvalue weighted by Crippen LogP contribution is 2.43. The fraction of sp³-hybridized carbons (Fsp3) is 0.444. The van der Waals surface area contributed by atoms with Gasteiger partial charge in [0.1, 0.15) is 24.5 Å². The molecule has 2 aromatic carbocycles. The summed E-state index contributed by atoms with van der Waals surface area (Å²) in [7, 11) is 1.56. The first-order chi connectivity index (χ1) is 17.0. The van der Waals surface area contributed by atoms with E-state index in [4.69, 9.17) is 25.8 Å². The van der Waals surface area contributed by atoms with E-state index in [2.05, 4.69) is 5.32 Å². The van der Waals surface area contributed by atoms with Crippen LogP contribution < -0.4 is 15.0 Å². The molecule has 3 rings (SSSR count). The van der Waals surface area contributed by atoms with Gasteiger partial charge in [0.2, 0.25) is 5.91 Å². The Morgan fingerprint density at radius 1 is 1.14 bits per heavy atom. The summed E-state index contributed by atoms with van der Waals surface area (Å²) in [6.45, 7) is 8.08. The molecule has 0 aliphatic carbocycles. The van der Waals surface area contributed by atoms with Gasteiger partial charge < -0.3 is 24.4 Å². The van der Waals surface area contributed by atoms with Gasteiger partial charge in [-0.05, 0) is 36.6 Å². The number of fused-ring (bicyclic) bond motifs is 1. The van der Waals surface area contributed by atoms with Crippen LogP contribution in [0.15, 0.2) is 42.5 Å². The number of hydrogen-bond donors (Lipinski definition) is 1. The van der Waals surface area contributed by atoms with Crippen LogP contribution in [0.3, 0.4) is 0 Å². The van der Waals surface area contributed by atoms with Gasteiger partial charge in [-0.1, -0.05) is 50.6 Å². The van der Waals surface area contributed by atoms with Crippen LogP contribution in [0.4, 0.5) is 5.69 Å². The minimum absolute atomic E-state index is 0.210. The maximum absolute atomic E-state index is 13.8. The van der Waals surface area contributed by atoms with Crippen LogP contribution in [0.25, 0.3) is 0 Å². The summed E-state index contributed by atoms with van der Waals surface area (Å²) in [5, 5.41) is 3.01. The van der Waals surface area contributed by atoms with Crippen LogP contribution in [-0.4, -0.2) is 50.7 Å². The number of halogens is 1. The first kappa shape index (κ1) is 27.5. The minimum atomic E-state index is -1.12. The van der Waals surface area contributed by atoms with Crippen molar-refractivity contribution in [1.29, 1.82) is 0 Å². The number of esters is 1. The monoisotopic (exact) mass is 516 g/mol. The minimum Gasteiger partial charge on any atom is -0.496 e. The summed E-state index contributed by atoms with van der Waals surface area (Å²) in [6, 6.07) is 12.7. The predicted molar refractivity (Wildman–Crippen MR) is 137 cm³/mol.